The molecule has 4 heteroatoms. The minimum atomic E-state index is 0.130. The van der Waals surface area contributed by atoms with Crippen molar-refractivity contribution in [1.82, 2.24) is 9.55 Å². The van der Waals surface area contributed by atoms with E-state index in [9.17, 15) is 4.79 Å². The second-order valence-electron chi connectivity index (χ2n) is 6.76. The van der Waals surface area contributed by atoms with Crippen LogP contribution in [0.15, 0.2) is 30.4 Å². The van der Waals surface area contributed by atoms with Crippen molar-refractivity contribution in [3.63, 3.8) is 0 Å². The van der Waals surface area contributed by atoms with E-state index >= 15 is 0 Å². The number of fused-ring (bicyclic) bond motifs is 3. The number of benzene rings is 1. The van der Waals surface area contributed by atoms with Gasteiger partial charge in [0.1, 0.15) is 11.6 Å². The van der Waals surface area contributed by atoms with Crippen LogP contribution in [-0.4, -0.2) is 22.6 Å². The summed E-state index contributed by atoms with van der Waals surface area (Å²) in [6.45, 7) is 0. The molecule has 0 spiro atoms. The number of hydrogen-bond donors (Lipinski definition) is 0. The summed E-state index contributed by atoms with van der Waals surface area (Å²) in [7, 11) is 1.64. The molecule has 2 bridgehead atoms. The molecular weight excluding hydrogens is 276 g/mol. The summed E-state index contributed by atoms with van der Waals surface area (Å²) >= 11 is 0. The summed E-state index contributed by atoms with van der Waals surface area (Å²) in [5.41, 5.74) is 1.73. The molecule has 1 aromatic heterocycles. The third-order valence-corrected chi connectivity index (χ3v) is 5.83. The van der Waals surface area contributed by atoms with Gasteiger partial charge in [0, 0.05) is 6.07 Å². The molecule has 5 aliphatic rings. The van der Waals surface area contributed by atoms with Crippen LogP contribution in [0.25, 0.3) is 11.0 Å². The summed E-state index contributed by atoms with van der Waals surface area (Å²) in [5.74, 6) is 6.12. The molecule has 7 rings (SSSR count). The van der Waals surface area contributed by atoms with E-state index in [1.807, 2.05) is 18.2 Å². The minimum Gasteiger partial charge on any atom is -0.497 e. The molecule has 2 radical (unpaired) electrons. The molecule has 0 saturated heterocycles. The van der Waals surface area contributed by atoms with Crippen molar-refractivity contribution in [2.45, 2.75) is 6.42 Å². The lowest BCUT2D eigenvalue weighted by Gasteiger charge is -2.37. The Morgan fingerprint density at radius 2 is 1.95 bits per heavy atom. The minimum absolute atomic E-state index is 0.130. The van der Waals surface area contributed by atoms with Gasteiger partial charge in [0.25, 0.3) is 0 Å². The van der Waals surface area contributed by atoms with Crippen LogP contribution in [0.3, 0.4) is 0 Å². The Balaban J connectivity index is 1.61. The third-order valence-electron chi connectivity index (χ3n) is 5.83. The Hall–Kier alpha value is -2.10. The van der Waals surface area contributed by atoms with E-state index < -0.39 is 0 Å². The number of aromatic nitrogens is 2. The highest BCUT2D eigenvalue weighted by Crippen LogP contribution is 2.68. The zero-order valence-electron chi connectivity index (χ0n) is 12.1. The number of nitrogens with zero attached hydrogens (tertiary/aromatic N) is 2. The highest BCUT2D eigenvalue weighted by atomic mass is 16.5. The Morgan fingerprint density at radius 1 is 1.18 bits per heavy atom. The predicted molar refractivity (Wildman–Crippen MR) is 80.2 cm³/mol. The number of allylic oxidation sites excluding steroid dienone is 2. The van der Waals surface area contributed by atoms with Crippen LogP contribution < -0.4 is 4.74 Å². The lowest BCUT2D eigenvalue weighted by Crippen LogP contribution is -2.36. The van der Waals surface area contributed by atoms with E-state index in [1.165, 1.54) is 12.3 Å². The van der Waals surface area contributed by atoms with Crippen molar-refractivity contribution in [3.05, 3.63) is 48.0 Å². The van der Waals surface area contributed by atoms with Gasteiger partial charge in [-0.2, -0.15) is 0 Å². The van der Waals surface area contributed by atoms with E-state index in [2.05, 4.69) is 12.2 Å². The molecule has 4 aliphatic carbocycles. The first-order valence-electron chi connectivity index (χ1n) is 7.82. The number of carbonyl (C=O) groups is 1. The van der Waals surface area contributed by atoms with Gasteiger partial charge in [0.05, 0.1) is 30.0 Å². The Kier molecular flexibility index (Phi) is 1.80. The highest BCUT2D eigenvalue weighted by molar-refractivity contribution is 6.07. The molecule has 2 fully saturated rings. The van der Waals surface area contributed by atoms with E-state index in [0.29, 0.717) is 17.8 Å². The van der Waals surface area contributed by atoms with Gasteiger partial charge in [-0.05, 0) is 42.2 Å². The molecule has 2 unspecified atom stereocenters. The Bertz CT molecular complexity index is 881. The van der Waals surface area contributed by atoms with Gasteiger partial charge in [-0.3, -0.25) is 9.36 Å². The molecule has 4 atom stereocenters. The van der Waals surface area contributed by atoms with Crippen molar-refractivity contribution in [1.29, 1.82) is 0 Å². The SMILES string of the molecule is COc1ccc2nc3n(c2c1)C(=O)[C]1[C]3[C@@H]2C=C[C@H]1C1CC12. The van der Waals surface area contributed by atoms with E-state index in [0.717, 1.165) is 34.4 Å². The summed E-state index contributed by atoms with van der Waals surface area (Å²) < 4.78 is 7.11. The number of ether oxygens (including phenoxy) is 1. The first-order chi connectivity index (χ1) is 10.8. The first-order valence-corrected chi connectivity index (χ1v) is 7.82. The topological polar surface area (TPSA) is 44.1 Å². The maximum absolute atomic E-state index is 13.1. The molecule has 108 valence electrons. The molecule has 1 aliphatic heterocycles. The molecule has 2 heterocycles. The van der Waals surface area contributed by atoms with Gasteiger partial charge in [-0.1, -0.05) is 12.2 Å². The number of methoxy groups -OCH3 is 1. The van der Waals surface area contributed by atoms with Crippen LogP contribution in [0.4, 0.5) is 0 Å². The average molecular weight is 290 g/mol. The summed E-state index contributed by atoms with van der Waals surface area (Å²) in [6, 6.07) is 5.75. The summed E-state index contributed by atoms with van der Waals surface area (Å²) in [5, 5.41) is 0. The Labute approximate surface area is 127 Å². The van der Waals surface area contributed by atoms with Gasteiger partial charge in [-0.25, -0.2) is 4.98 Å². The van der Waals surface area contributed by atoms with Gasteiger partial charge < -0.3 is 4.74 Å². The lowest BCUT2D eigenvalue weighted by molar-refractivity contribution is 0.0925. The lowest BCUT2D eigenvalue weighted by atomic mass is 9.63. The zero-order valence-corrected chi connectivity index (χ0v) is 12.1. The van der Waals surface area contributed by atoms with Crippen LogP contribution in [0.5, 0.6) is 5.75 Å². The maximum Gasteiger partial charge on any atom is 0.241 e. The summed E-state index contributed by atoms with van der Waals surface area (Å²) in [4.78, 5) is 17.8. The highest BCUT2D eigenvalue weighted by Gasteiger charge is 2.65. The maximum atomic E-state index is 13.1. The van der Waals surface area contributed by atoms with Crippen molar-refractivity contribution >= 4 is 16.9 Å². The molecule has 2 aromatic rings. The fourth-order valence-electron chi connectivity index (χ4n) is 4.78. The smallest absolute Gasteiger partial charge is 0.241 e. The van der Waals surface area contributed by atoms with Gasteiger partial charge in [0.2, 0.25) is 5.91 Å². The number of rotatable bonds is 1. The fourth-order valence-corrected chi connectivity index (χ4v) is 4.78. The number of hydrogen-bond acceptors (Lipinski definition) is 3. The van der Waals surface area contributed by atoms with Crippen LogP contribution >= 0.6 is 0 Å². The number of imidazole rings is 1. The van der Waals surface area contributed by atoms with Crippen LogP contribution in [-0.2, 0) is 0 Å². The molecular formula is C18H14N2O2. The van der Waals surface area contributed by atoms with Crippen LogP contribution in [0.2, 0.25) is 0 Å². The van der Waals surface area contributed by atoms with Crippen molar-refractivity contribution in [3.8, 4) is 5.75 Å². The van der Waals surface area contributed by atoms with Crippen molar-refractivity contribution in [2.24, 2.45) is 23.7 Å². The monoisotopic (exact) mass is 290 g/mol. The standard InChI is InChI=1S/C18H14N2O2/c1-22-8-2-5-13-14(6-8)20-17(19-13)15-9-3-4-10(12-7-11(9)12)16(15)18(20)21/h2-6,9-12H,7H2,1H3/t9-,10+,11?,12?/m1/s1. The normalized spacial score (nSPS) is 34.9. The largest absolute Gasteiger partial charge is 0.497 e. The van der Waals surface area contributed by atoms with E-state index in [-0.39, 0.29) is 5.91 Å². The predicted octanol–water partition coefficient (Wildman–Crippen LogP) is 2.65. The van der Waals surface area contributed by atoms with Gasteiger partial charge in [-0.15, -0.1) is 0 Å². The first kappa shape index (κ1) is 11.5. The third kappa shape index (κ3) is 1.11. The summed E-state index contributed by atoms with van der Waals surface area (Å²) in [6.07, 6.45) is 5.82. The zero-order chi connectivity index (χ0) is 14.6. The van der Waals surface area contributed by atoms with Gasteiger partial charge >= 0.3 is 0 Å². The van der Waals surface area contributed by atoms with Crippen LogP contribution in [0, 0.1) is 35.5 Å². The molecule has 1 aromatic carbocycles. The van der Waals surface area contributed by atoms with E-state index in [1.54, 1.807) is 11.7 Å². The van der Waals surface area contributed by atoms with Crippen molar-refractivity contribution in [2.75, 3.05) is 7.11 Å². The molecule has 2 saturated carbocycles. The Morgan fingerprint density at radius 3 is 2.73 bits per heavy atom. The second kappa shape index (κ2) is 3.45. The number of carbonyl (C=O) groups excluding carboxylic acids is 1. The second-order valence-corrected chi connectivity index (χ2v) is 6.76. The molecule has 0 N–H and O–H groups in total. The fraction of sp³-hybridized carbons (Fsp3) is 0.333. The molecule has 22 heavy (non-hydrogen) atoms. The molecule has 0 amide bonds. The van der Waals surface area contributed by atoms with Crippen molar-refractivity contribution < 1.29 is 9.53 Å². The molecule has 4 nitrogen and oxygen atoms in total. The van der Waals surface area contributed by atoms with Crippen LogP contribution in [0.1, 0.15) is 17.0 Å². The van der Waals surface area contributed by atoms with Gasteiger partial charge in [0.15, 0.2) is 0 Å². The average Bonchev–Trinajstić information content (AvgIpc) is 3.22. The van der Waals surface area contributed by atoms with E-state index in [4.69, 9.17) is 9.72 Å². The quantitative estimate of drug-likeness (QED) is 0.758.